The highest BCUT2D eigenvalue weighted by Gasteiger charge is 2.10. The quantitative estimate of drug-likeness (QED) is 0.805. The summed E-state index contributed by atoms with van der Waals surface area (Å²) < 4.78 is 7.03. The Morgan fingerprint density at radius 2 is 2.40 bits per heavy atom. The number of likely N-dealkylation sites (N-methyl/N-ethyl adjacent to an activating group) is 1. The first-order chi connectivity index (χ1) is 7.31. The molecular formula is C10H14N4O. The number of hydrogen-bond acceptors (Lipinski definition) is 4. The van der Waals surface area contributed by atoms with Gasteiger partial charge in [-0.05, 0) is 19.2 Å². The number of hydrogen-bond donors (Lipinski definition) is 1. The molecule has 0 aliphatic rings. The molecule has 0 spiro atoms. The third-order valence-corrected chi connectivity index (χ3v) is 2.19. The fourth-order valence-electron chi connectivity index (χ4n) is 1.38. The minimum atomic E-state index is 0.647. The second-order valence-electron chi connectivity index (χ2n) is 3.31. The van der Waals surface area contributed by atoms with Crippen LogP contribution in [0.3, 0.4) is 0 Å². The van der Waals surface area contributed by atoms with Crippen LogP contribution in [0.25, 0.3) is 11.6 Å². The Bertz CT molecular complexity index is 419. The van der Waals surface area contributed by atoms with E-state index >= 15 is 0 Å². The highest BCUT2D eigenvalue weighted by atomic mass is 16.3. The predicted molar refractivity (Wildman–Crippen MR) is 56.3 cm³/mol. The normalized spacial score (nSPS) is 10.8. The molecule has 0 aliphatic carbocycles. The highest BCUT2D eigenvalue weighted by molar-refractivity contribution is 5.45. The van der Waals surface area contributed by atoms with Crippen molar-refractivity contribution >= 4 is 0 Å². The summed E-state index contributed by atoms with van der Waals surface area (Å²) in [6.07, 6.45) is 2.49. The van der Waals surface area contributed by atoms with E-state index in [-0.39, 0.29) is 0 Å². The van der Waals surface area contributed by atoms with Gasteiger partial charge in [-0.1, -0.05) is 0 Å². The zero-order valence-electron chi connectivity index (χ0n) is 8.90. The second kappa shape index (κ2) is 4.27. The van der Waals surface area contributed by atoms with Crippen LogP contribution in [0.2, 0.25) is 0 Å². The summed E-state index contributed by atoms with van der Waals surface area (Å²) in [5.74, 6) is 2.31. The van der Waals surface area contributed by atoms with Gasteiger partial charge in [0, 0.05) is 20.0 Å². The van der Waals surface area contributed by atoms with Crippen LogP contribution >= 0.6 is 0 Å². The summed E-state index contributed by atoms with van der Waals surface area (Å²) in [4.78, 5) is 4.41. The molecule has 5 nitrogen and oxygen atoms in total. The monoisotopic (exact) mass is 206 g/mol. The lowest BCUT2D eigenvalue weighted by Crippen LogP contribution is -2.13. The van der Waals surface area contributed by atoms with Gasteiger partial charge in [-0.2, -0.15) is 0 Å². The number of rotatable bonds is 4. The number of aromatic nitrogens is 3. The smallest absolute Gasteiger partial charge is 0.217 e. The van der Waals surface area contributed by atoms with Gasteiger partial charge in [-0.15, -0.1) is 5.10 Å². The number of aryl methyl sites for hydroxylation is 1. The Morgan fingerprint density at radius 1 is 1.53 bits per heavy atom. The maximum absolute atomic E-state index is 5.24. The molecule has 0 aromatic carbocycles. The van der Waals surface area contributed by atoms with Gasteiger partial charge in [0.15, 0.2) is 5.76 Å². The van der Waals surface area contributed by atoms with E-state index in [1.54, 1.807) is 10.9 Å². The van der Waals surface area contributed by atoms with Crippen molar-refractivity contribution in [2.24, 2.45) is 7.05 Å². The molecule has 0 amide bonds. The molecule has 0 atom stereocenters. The van der Waals surface area contributed by atoms with E-state index in [1.165, 1.54) is 0 Å². The highest BCUT2D eigenvalue weighted by Crippen LogP contribution is 2.15. The van der Waals surface area contributed by atoms with Crippen molar-refractivity contribution in [3.63, 3.8) is 0 Å². The Labute approximate surface area is 88.1 Å². The van der Waals surface area contributed by atoms with E-state index in [4.69, 9.17) is 4.42 Å². The SMILES string of the molecule is CNCCc1nc(-c2ccco2)nn1C. The van der Waals surface area contributed by atoms with Crippen LogP contribution in [-0.2, 0) is 13.5 Å². The van der Waals surface area contributed by atoms with Crippen molar-refractivity contribution in [1.29, 1.82) is 0 Å². The van der Waals surface area contributed by atoms with E-state index in [1.807, 2.05) is 26.2 Å². The van der Waals surface area contributed by atoms with Crippen molar-refractivity contribution in [1.82, 2.24) is 20.1 Å². The zero-order chi connectivity index (χ0) is 10.7. The molecule has 0 bridgehead atoms. The fraction of sp³-hybridized carbons (Fsp3) is 0.400. The van der Waals surface area contributed by atoms with Crippen molar-refractivity contribution < 1.29 is 4.42 Å². The molecule has 0 fully saturated rings. The van der Waals surface area contributed by atoms with E-state index < -0.39 is 0 Å². The van der Waals surface area contributed by atoms with Gasteiger partial charge in [0.2, 0.25) is 5.82 Å². The van der Waals surface area contributed by atoms with Gasteiger partial charge in [-0.3, -0.25) is 4.68 Å². The molecule has 1 N–H and O–H groups in total. The third-order valence-electron chi connectivity index (χ3n) is 2.19. The van der Waals surface area contributed by atoms with Gasteiger partial charge >= 0.3 is 0 Å². The summed E-state index contributed by atoms with van der Waals surface area (Å²) in [7, 11) is 3.81. The molecule has 2 aromatic rings. The number of nitrogens with zero attached hydrogens (tertiary/aromatic N) is 3. The molecule has 0 unspecified atom stereocenters. The first kappa shape index (κ1) is 9.92. The number of furan rings is 1. The van der Waals surface area contributed by atoms with Crippen LogP contribution in [-0.4, -0.2) is 28.4 Å². The maximum atomic E-state index is 5.24. The minimum Gasteiger partial charge on any atom is -0.461 e. The topological polar surface area (TPSA) is 55.9 Å². The van der Waals surface area contributed by atoms with Crippen LogP contribution in [0.4, 0.5) is 0 Å². The lowest BCUT2D eigenvalue weighted by molar-refractivity contribution is 0.576. The lowest BCUT2D eigenvalue weighted by Gasteiger charge is -1.97. The van der Waals surface area contributed by atoms with Crippen LogP contribution in [0.5, 0.6) is 0 Å². The molecule has 2 rings (SSSR count). The molecule has 2 aromatic heterocycles. The summed E-state index contributed by atoms with van der Waals surface area (Å²) in [6, 6.07) is 3.69. The van der Waals surface area contributed by atoms with Crippen LogP contribution in [0.15, 0.2) is 22.8 Å². The van der Waals surface area contributed by atoms with E-state index in [2.05, 4.69) is 15.4 Å². The molecule has 0 saturated carbocycles. The fourth-order valence-corrected chi connectivity index (χ4v) is 1.38. The second-order valence-corrected chi connectivity index (χ2v) is 3.31. The van der Waals surface area contributed by atoms with Gasteiger partial charge in [-0.25, -0.2) is 4.98 Å². The largest absolute Gasteiger partial charge is 0.461 e. The average Bonchev–Trinajstić information content (AvgIpc) is 2.83. The van der Waals surface area contributed by atoms with E-state index in [0.717, 1.165) is 18.8 Å². The Morgan fingerprint density at radius 3 is 3.07 bits per heavy atom. The molecule has 15 heavy (non-hydrogen) atoms. The average molecular weight is 206 g/mol. The summed E-state index contributed by atoms with van der Waals surface area (Å²) in [6.45, 7) is 0.893. The molecular weight excluding hydrogens is 192 g/mol. The lowest BCUT2D eigenvalue weighted by atomic mass is 10.4. The first-order valence-corrected chi connectivity index (χ1v) is 4.89. The van der Waals surface area contributed by atoms with Gasteiger partial charge < -0.3 is 9.73 Å². The van der Waals surface area contributed by atoms with E-state index in [0.29, 0.717) is 11.6 Å². The summed E-state index contributed by atoms with van der Waals surface area (Å²) in [5, 5.41) is 7.37. The van der Waals surface area contributed by atoms with Crippen molar-refractivity contribution in [3.05, 3.63) is 24.2 Å². The maximum Gasteiger partial charge on any atom is 0.217 e. The summed E-state index contributed by atoms with van der Waals surface area (Å²) in [5.41, 5.74) is 0. The van der Waals surface area contributed by atoms with Crippen molar-refractivity contribution in [2.75, 3.05) is 13.6 Å². The predicted octanol–water partition coefficient (Wildman–Crippen LogP) is 0.837. The molecule has 0 aliphatic heterocycles. The first-order valence-electron chi connectivity index (χ1n) is 4.89. The third kappa shape index (κ3) is 2.07. The zero-order valence-corrected chi connectivity index (χ0v) is 8.90. The van der Waals surface area contributed by atoms with Crippen molar-refractivity contribution in [2.45, 2.75) is 6.42 Å². The standard InChI is InChI=1S/C10H14N4O/c1-11-6-5-9-12-10(13-14(9)2)8-4-3-7-15-8/h3-4,7,11H,5-6H2,1-2H3. The molecule has 5 heteroatoms. The van der Waals surface area contributed by atoms with Gasteiger partial charge in [0.05, 0.1) is 6.26 Å². The van der Waals surface area contributed by atoms with Crippen LogP contribution < -0.4 is 5.32 Å². The molecule has 0 radical (unpaired) electrons. The Kier molecular flexibility index (Phi) is 2.82. The van der Waals surface area contributed by atoms with Crippen molar-refractivity contribution in [3.8, 4) is 11.6 Å². The Balaban J connectivity index is 2.21. The van der Waals surface area contributed by atoms with E-state index in [9.17, 15) is 0 Å². The molecule has 80 valence electrons. The van der Waals surface area contributed by atoms with Gasteiger partial charge in [0.1, 0.15) is 5.82 Å². The molecule has 0 saturated heterocycles. The van der Waals surface area contributed by atoms with Crippen LogP contribution in [0, 0.1) is 0 Å². The number of nitrogens with one attached hydrogen (secondary N) is 1. The van der Waals surface area contributed by atoms with Gasteiger partial charge in [0.25, 0.3) is 0 Å². The van der Waals surface area contributed by atoms with Crippen LogP contribution in [0.1, 0.15) is 5.82 Å². The Hall–Kier alpha value is -1.62. The molecule has 2 heterocycles. The summed E-state index contributed by atoms with van der Waals surface area (Å²) >= 11 is 0. The minimum absolute atomic E-state index is 0.647.